The van der Waals surface area contributed by atoms with Crippen LogP contribution in [0.15, 0.2) is 12.1 Å². The molecule has 0 aliphatic heterocycles. The summed E-state index contributed by atoms with van der Waals surface area (Å²) in [5.74, 6) is -3.03. The topological polar surface area (TPSA) is 17.1 Å². The smallest absolute Gasteiger partial charge is 0.171 e. The molecule has 0 aliphatic carbocycles. The highest BCUT2D eigenvalue weighted by molar-refractivity contribution is 6.34. The minimum atomic E-state index is -1.16. The van der Waals surface area contributed by atoms with E-state index in [4.69, 9.17) is 11.6 Å². The van der Waals surface area contributed by atoms with Crippen LogP contribution >= 0.6 is 11.6 Å². The molecule has 0 aromatic heterocycles. The Balaban J connectivity index is 3.24. The Bertz CT molecular complexity index is 390. The van der Waals surface area contributed by atoms with Crippen molar-refractivity contribution in [3.8, 4) is 0 Å². The molecule has 0 aliphatic rings. The molecule has 15 heavy (non-hydrogen) atoms. The fourth-order valence-electron chi connectivity index (χ4n) is 1.18. The van der Waals surface area contributed by atoms with E-state index in [2.05, 4.69) is 0 Å². The molecule has 1 rings (SSSR count). The number of benzene rings is 1. The highest BCUT2D eigenvalue weighted by Crippen LogP contribution is 2.25. The Morgan fingerprint density at radius 1 is 1.47 bits per heavy atom. The quantitative estimate of drug-likeness (QED) is 0.572. The molecular weight excluding hydrogens is 222 g/mol. The summed E-state index contributed by atoms with van der Waals surface area (Å²) in [7, 11) is 0. The Kier molecular flexibility index (Phi) is 3.80. The van der Waals surface area contributed by atoms with E-state index in [1.54, 1.807) is 13.8 Å². The van der Waals surface area contributed by atoms with Crippen LogP contribution in [0.2, 0.25) is 5.02 Å². The lowest BCUT2D eigenvalue weighted by Gasteiger charge is -2.10. The van der Waals surface area contributed by atoms with Crippen molar-refractivity contribution in [3.63, 3.8) is 0 Å². The molecule has 82 valence electrons. The van der Waals surface area contributed by atoms with Crippen LogP contribution in [0, 0.1) is 17.6 Å². The maximum atomic E-state index is 13.3. The van der Waals surface area contributed by atoms with E-state index in [1.807, 2.05) is 0 Å². The minimum Gasteiger partial charge on any atom is -0.294 e. The first-order valence-corrected chi connectivity index (χ1v) is 5.04. The van der Waals surface area contributed by atoms with Crippen molar-refractivity contribution in [2.24, 2.45) is 5.92 Å². The molecule has 0 saturated heterocycles. The Hall–Kier alpha value is -0.960. The number of carbonyl (C=O) groups is 1. The molecule has 1 unspecified atom stereocenters. The molecule has 1 aromatic carbocycles. The maximum Gasteiger partial charge on any atom is 0.171 e. The van der Waals surface area contributed by atoms with Crippen molar-refractivity contribution < 1.29 is 13.6 Å². The maximum absolute atomic E-state index is 13.3. The lowest BCUT2D eigenvalue weighted by molar-refractivity contribution is 0.0922. The summed E-state index contributed by atoms with van der Waals surface area (Å²) in [6, 6.07) is 2.10. The van der Waals surface area contributed by atoms with Crippen LogP contribution in [0.1, 0.15) is 30.6 Å². The minimum absolute atomic E-state index is 0.0424. The van der Waals surface area contributed by atoms with E-state index in [0.717, 1.165) is 6.07 Å². The summed E-state index contributed by atoms with van der Waals surface area (Å²) >= 11 is 5.67. The predicted octanol–water partition coefficient (Wildman–Crippen LogP) is 3.85. The third kappa shape index (κ3) is 2.34. The number of halogens is 3. The molecule has 0 N–H and O–H groups in total. The highest BCUT2D eigenvalue weighted by Gasteiger charge is 2.22. The standard InChI is InChI=1S/C11H11ClF2O/c1-3-6(2)11(15)9-7(12)4-5-8(13)10(9)14/h4-6H,3H2,1-2H3. The monoisotopic (exact) mass is 232 g/mol. The van der Waals surface area contributed by atoms with Gasteiger partial charge in [-0.25, -0.2) is 8.78 Å². The number of hydrogen-bond donors (Lipinski definition) is 0. The molecule has 0 fully saturated rings. The zero-order valence-electron chi connectivity index (χ0n) is 8.48. The molecule has 1 atom stereocenters. The summed E-state index contributed by atoms with van der Waals surface area (Å²) in [5, 5.41) is -0.0424. The van der Waals surface area contributed by atoms with E-state index < -0.39 is 17.4 Å². The van der Waals surface area contributed by atoms with Gasteiger partial charge in [0.1, 0.15) is 0 Å². The SMILES string of the molecule is CCC(C)C(=O)c1c(Cl)ccc(F)c1F. The second-order valence-corrected chi connectivity index (χ2v) is 3.80. The molecule has 0 amide bonds. The second kappa shape index (κ2) is 4.71. The van der Waals surface area contributed by atoms with Gasteiger partial charge in [0.15, 0.2) is 17.4 Å². The zero-order chi connectivity index (χ0) is 11.6. The summed E-state index contributed by atoms with van der Waals surface area (Å²) in [6.07, 6.45) is 0.561. The molecule has 0 saturated carbocycles. The van der Waals surface area contributed by atoms with Crippen LogP contribution in [0.5, 0.6) is 0 Å². The Morgan fingerprint density at radius 2 is 2.07 bits per heavy atom. The van der Waals surface area contributed by atoms with E-state index in [9.17, 15) is 13.6 Å². The lowest BCUT2D eigenvalue weighted by atomic mass is 9.96. The van der Waals surface area contributed by atoms with Crippen LogP contribution in [-0.2, 0) is 0 Å². The number of hydrogen-bond acceptors (Lipinski definition) is 1. The van der Waals surface area contributed by atoms with Crippen LogP contribution in [0.3, 0.4) is 0 Å². The van der Waals surface area contributed by atoms with E-state index >= 15 is 0 Å². The summed E-state index contributed by atoms with van der Waals surface area (Å²) in [5.41, 5.74) is -0.342. The third-order valence-electron chi connectivity index (χ3n) is 2.35. The van der Waals surface area contributed by atoms with Crippen molar-refractivity contribution in [3.05, 3.63) is 34.4 Å². The van der Waals surface area contributed by atoms with E-state index in [-0.39, 0.29) is 16.5 Å². The molecular formula is C11H11ClF2O. The number of ketones is 1. The van der Waals surface area contributed by atoms with Gasteiger partial charge in [-0.3, -0.25) is 4.79 Å². The van der Waals surface area contributed by atoms with Crippen molar-refractivity contribution in [1.29, 1.82) is 0 Å². The molecule has 0 spiro atoms. The fraction of sp³-hybridized carbons (Fsp3) is 0.364. The van der Waals surface area contributed by atoms with Gasteiger partial charge in [-0.2, -0.15) is 0 Å². The first kappa shape index (κ1) is 12.1. The number of carbonyl (C=O) groups excluding carboxylic acids is 1. The second-order valence-electron chi connectivity index (χ2n) is 3.39. The normalized spacial score (nSPS) is 12.6. The van der Waals surface area contributed by atoms with Gasteiger partial charge in [0.25, 0.3) is 0 Å². The average molecular weight is 233 g/mol. The zero-order valence-corrected chi connectivity index (χ0v) is 9.24. The highest BCUT2D eigenvalue weighted by atomic mass is 35.5. The van der Waals surface area contributed by atoms with Crippen LogP contribution in [0.25, 0.3) is 0 Å². The fourth-order valence-corrected chi connectivity index (χ4v) is 1.42. The van der Waals surface area contributed by atoms with E-state index in [1.165, 1.54) is 6.07 Å². The lowest BCUT2D eigenvalue weighted by Crippen LogP contribution is -2.13. The van der Waals surface area contributed by atoms with Gasteiger partial charge in [-0.15, -0.1) is 0 Å². The van der Waals surface area contributed by atoms with Crippen molar-refractivity contribution in [2.45, 2.75) is 20.3 Å². The number of Topliss-reactive ketones (excluding diaryl/α,β-unsaturated/α-hetero) is 1. The van der Waals surface area contributed by atoms with Crippen molar-refractivity contribution in [2.75, 3.05) is 0 Å². The summed E-state index contributed by atoms with van der Waals surface area (Å²) in [4.78, 5) is 11.7. The summed E-state index contributed by atoms with van der Waals surface area (Å²) in [6.45, 7) is 3.46. The van der Waals surface area contributed by atoms with Crippen LogP contribution in [-0.4, -0.2) is 5.78 Å². The van der Waals surface area contributed by atoms with Gasteiger partial charge < -0.3 is 0 Å². The third-order valence-corrected chi connectivity index (χ3v) is 2.67. The van der Waals surface area contributed by atoms with Gasteiger partial charge in [-0.1, -0.05) is 25.4 Å². The first-order valence-electron chi connectivity index (χ1n) is 4.66. The molecule has 0 heterocycles. The van der Waals surface area contributed by atoms with Gasteiger partial charge >= 0.3 is 0 Å². The van der Waals surface area contributed by atoms with Crippen LogP contribution in [0.4, 0.5) is 8.78 Å². The predicted molar refractivity (Wildman–Crippen MR) is 55.2 cm³/mol. The van der Waals surface area contributed by atoms with Gasteiger partial charge in [0.05, 0.1) is 10.6 Å². The Labute approximate surface area is 92.1 Å². The first-order chi connectivity index (χ1) is 6.99. The van der Waals surface area contributed by atoms with E-state index in [0.29, 0.717) is 6.42 Å². The van der Waals surface area contributed by atoms with Crippen LogP contribution < -0.4 is 0 Å². The van der Waals surface area contributed by atoms with Crippen molar-refractivity contribution >= 4 is 17.4 Å². The molecule has 1 nitrogen and oxygen atoms in total. The molecule has 0 radical (unpaired) electrons. The van der Waals surface area contributed by atoms with Gasteiger partial charge in [-0.05, 0) is 18.6 Å². The van der Waals surface area contributed by atoms with Crippen molar-refractivity contribution in [1.82, 2.24) is 0 Å². The molecule has 4 heteroatoms. The molecule has 0 bridgehead atoms. The molecule has 1 aromatic rings. The summed E-state index contributed by atoms with van der Waals surface area (Å²) < 4.78 is 26.2. The largest absolute Gasteiger partial charge is 0.294 e. The Morgan fingerprint density at radius 3 is 2.60 bits per heavy atom. The van der Waals surface area contributed by atoms with Gasteiger partial charge in [0, 0.05) is 5.92 Å². The average Bonchev–Trinajstić information content (AvgIpc) is 2.22. The number of rotatable bonds is 3. The van der Waals surface area contributed by atoms with Gasteiger partial charge in [0.2, 0.25) is 0 Å².